The molecule has 0 heterocycles. The maximum absolute atomic E-state index is 5.71. The Labute approximate surface area is 76.4 Å². The molecule has 0 aliphatic rings. The van der Waals surface area contributed by atoms with Crippen LogP contribution < -0.4 is 4.84 Å². The highest BCUT2D eigenvalue weighted by molar-refractivity contribution is 6.30. The summed E-state index contributed by atoms with van der Waals surface area (Å²) in [5, 5.41) is 0.746. The van der Waals surface area contributed by atoms with Crippen LogP contribution in [0.3, 0.4) is 0 Å². The molecule has 0 saturated carbocycles. The summed E-state index contributed by atoms with van der Waals surface area (Å²) in [6.45, 7) is 1.98. The highest BCUT2D eigenvalue weighted by Crippen LogP contribution is 2.15. The Hall–Kier alpha value is -0.240. The fourth-order valence-electron chi connectivity index (χ4n) is 0.814. The van der Waals surface area contributed by atoms with E-state index in [0.717, 1.165) is 10.6 Å². The van der Waals surface area contributed by atoms with Crippen molar-refractivity contribution in [3.8, 4) is 0 Å². The standard InChI is InChI=1S/C8H9Cl2N/c1-6(11-10)7-2-4-8(9)5-3-7/h2-6,11H,1H3. The summed E-state index contributed by atoms with van der Waals surface area (Å²) in [4.78, 5) is 2.63. The first kappa shape index (κ1) is 8.85. The van der Waals surface area contributed by atoms with Gasteiger partial charge in [0.15, 0.2) is 0 Å². The Bertz CT molecular complexity index is 220. The van der Waals surface area contributed by atoms with Gasteiger partial charge in [-0.1, -0.05) is 23.7 Å². The Morgan fingerprint density at radius 2 is 1.82 bits per heavy atom. The molecule has 1 unspecified atom stereocenters. The van der Waals surface area contributed by atoms with Gasteiger partial charge < -0.3 is 0 Å². The number of hydrogen-bond donors (Lipinski definition) is 1. The zero-order valence-corrected chi connectivity index (χ0v) is 7.65. The van der Waals surface area contributed by atoms with Crippen molar-refractivity contribution >= 4 is 23.4 Å². The summed E-state index contributed by atoms with van der Waals surface area (Å²) in [7, 11) is 0. The second kappa shape index (κ2) is 3.96. The molecule has 0 spiro atoms. The van der Waals surface area contributed by atoms with Crippen LogP contribution >= 0.6 is 23.4 Å². The molecule has 1 aromatic rings. The van der Waals surface area contributed by atoms with E-state index in [4.69, 9.17) is 23.4 Å². The average molecular weight is 190 g/mol. The van der Waals surface area contributed by atoms with Gasteiger partial charge in [0.2, 0.25) is 0 Å². The first-order chi connectivity index (χ1) is 5.24. The lowest BCUT2D eigenvalue weighted by molar-refractivity contribution is 0.745. The minimum Gasteiger partial charge on any atom is -0.226 e. The van der Waals surface area contributed by atoms with Gasteiger partial charge in [-0.05, 0) is 36.4 Å². The van der Waals surface area contributed by atoms with Crippen molar-refractivity contribution in [3.05, 3.63) is 34.9 Å². The van der Waals surface area contributed by atoms with E-state index in [2.05, 4.69) is 4.84 Å². The molecule has 11 heavy (non-hydrogen) atoms. The fourth-order valence-corrected chi connectivity index (χ4v) is 1.07. The van der Waals surface area contributed by atoms with Crippen molar-refractivity contribution < 1.29 is 0 Å². The zero-order valence-electron chi connectivity index (χ0n) is 6.14. The Morgan fingerprint density at radius 1 is 1.27 bits per heavy atom. The minimum atomic E-state index is 0.161. The third kappa shape index (κ3) is 2.37. The quantitative estimate of drug-likeness (QED) is 0.706. The molecule has 3 heteroatoms. The van der Waals surface area contributed by atoms with Crippen LogP contribution in [0.5, 0.6) is 0 Å². The molecule has 0 aliphatic heterocycles. The van der Waals surface area contributed by atoms with E-state index in [1.165, 1.54) is 0 Å². The van der Waals surface area contributed by atoms with Gasteiger partial charge in [0.05, 0.1) is 0 Å². The van der Waals surface area contributed by atoms with Crippen LogP contribution in [-0.2, 0) is 0 Å². The molecule has 60 valence electrons. The molecule has 0 fully saturated rings. The lowest BCUT2D eigenvalue weighted by Crippen LogP contribution is -2.05. The van der Waals surface area contributed by atoms with Gasteiger partial charge in [0.25, 0.3) is 0 Å². The first-order valence-electron chi connectivity index (χ1n) is 3.35. The number of hydrogen-bond acceptors (Lipinski definition) is 1. The second-order valence-electron chi connectivity index (χ2n) is 2.38. The number of rotatable bonds is 2. The van der Waals surface area contributed by atoms with Crippen LogP contribution in [-0.4, -0.2) is 0 Å². The molecule has 0 aromatic heterocycles. The number of benzene rings is 1. The molecule has 1 aromatic carbocycles. The monoisotopic (exact) mass is 189 g/mol. The van der Waals surface area contributed by atoms with E-state index in [-0.39, 0.29) is 6.04 Å². The Balaban J connectivity index is 2.81. The lowest BCUT2D eigenvalue weighted by atomic mass is 10.1. The molecule has 0 radical (unpaired) electrons. The van der Waals surface area contributed by atoms with Crippen molar-refractivity contribution in [2.45, 2.75) is 13.0 Å². The predicted molar refractivity (Wildman–Crippen MR) is 48.9 cm³/mol. The van der Waals surface area contributed by atoms with Gasteiger partial charge in [-0.2, -0.15) is 0 Å². The van der Waals surface area contributed by atoms with Crippen molar-refractivity contribution in [1.82, 2.24) is 4.84 Å². The summed E-state index contributed by atoms with van der Waals surface area (Å²) in [5.74, 6) is 0. The highest BCUT2D eigenvalue weighted by Gasteiger charge is 2.01. The molecule has 1 atom stereocenters. The lowest BCUT2D eigenvalue weighted by Gasteiger charge is -2.07. The molecule has 1 rings (SSSR count). The van der Waals surface area contributed by atoms with E-state index in [9.17, 15) is 0 Å². The topological polar surface area (TPSA) is 12.0 Å². The normalized spacial score (nSPS) is 13.0. The van der Waals surface area contributed by atoms with Crippen LogP contribution in [0, 0.1) is 0 Å². The van der Waals surface area contributed by atoms with Crippen molar-refractivity contribution in [2.24, 2.45) is 0 Å². The van der Waals surface area contributed by atoms with E-state index < -0.39 is 0 Å². The first-order valence-corrected chi connectivity index (χ1v) is 4.11. The van der Waals surface area contributed by atoms with Gasteiger partial charge in [0.1, 0.15) is 0 Å². The van der Waals surface area contributed by atoms with Gasteiger partial charge in [-0.3, -0.25) is 0 Å². The van der Waals surface area contributed by atoms with Crippen LogP contribution in [0.15, 0.2) is 24.3 Å². The molecule has 0 saturated heterocycles. The summed E-state index contributed by atoms with van der Waals surface area (Å²) in [6.07, 6.45) is 0. The molecule has 0 amide bonds. The Kier molecular flexibility index (Phi) is 3.18. The highest BCUT2D eigenvalue weighted by atomic mass is 35.5. The van der Waals surface area contributed by atoms with Crippen molar-refractivity contribution in [1.29, 1.82) is 0 Å². The minimum absolute atomic E-state index is 0.161. The van der Waals surface area contributed by atoms with Crippen LogP contribution in [0.4, 0.5) is 0 Å². The van der Waals surface area contributed by atoms with Crippen LogP contribution in [0.1, 0.15) is 18.5 Å². The predicted octanol–water partition coefficient (Wildman–Crippen LogP) is 3.14. The molecular weight excluding hydrogens is 181 g/mol. The molecule has 1 nitrogen and oxygen atoms in total. The summed E-state index contributed by atoms with van der Waals surface area (Å²) < 4.78 is 0. The molecule has 0 aliphatic carbocycles. The molecule has 1 N–H and O–H groups in total. The van der Waals surface area contributed by atoms with Gasteiger partial charge in [-0.25, -0.2) is 4.84 Å². The van der Waals surface area contributed by atoms with E-state index in [1.54, 1.807) is 0 Å². The van der Waals surface area contributed by atoms with Crippen LogP contribution in [0.2, 0.25) is 5.02 Å². The van der Waals surface area contributed by atoms with Gasteiger partial charge in [0, 0.05) is 11.1 Å². The summed E-state index contributed by atoms with van der Waals surface area (Å²) in [5.41, 5.74) is 1.13. The number of halogens is 2. The maximum Gasteiger partial charge on any atom is 0.0442 e. The maximum atomic E-state index is 5.71. The Morgan fingerprint density at radius 3 is 2.27 bits per heavy atom. The molecular formula is C8H9Cl2N. The second-order valence-corrected chi connectivity index (χ2v) is 3.04. The van der Waals surface area contributed by atoms with Gasteiger partial charge >= 0.3 is 0 Å². The number of nitrogens with one attached hydrogen (secondary N) is 1. The summed E-state index contributed by atoms with van der Waals surface area (Å²) >= 11 is 11.1. The van der Waals surface area contributed by atoms with E-state index in [0.29, 0.717) is 0 Å². The van der Waals surface area contributed by atoms with Crippen molar-refractivity contribution in [2.75, 3.05) is 0 Å². The third-order valence-corrected chi connectivity index (χ3v) is 2.11. The fraction of sp³-hybridized carbons (Fsp3) is 0.250. The van der Waals surface area contributed by atoms with Gasteiger partial charge in [-0.15, -0.1) is 0 Å². The largest absolute Gasteiger partial charge is 0.226 e. The van der Waals surface area contributed by atoms with E-state index in [1.807, 2.05) is 31.2 Å². The zero-order chi connectivity index (χ0) is 8.27. The third-order valence-electron chi connectivity index (χ3n) is 1.53. The van der Waals surface area contributed by atoms with Crippen LogP contribution in [0.25, 0.3) is 0 Å². The van der Waals surface area contributed by atoms with Crippen molar-refractivity contribution in [3.63, 3.8) is 0 Å². The smallest absolute Gasteiger partial charge is 0.0442 e. The molecule has 0 bridgehead atoms. The van der Waals surface area contributed by atoms with E-state index >= 15 is 0 Å². The SMILES string of the molecule is CC(NCl)c1ccc(Cl)cc1. The average Bonchev–Trinajstić information content (AvgIpc) is 2.05. The summed E-state index contributed by atoms with van der Waals surface area (Å²) in [6, 6.07) is 7.75.